The van der Waals surface area contributed by atoms with Crippen molar-refractivity contribution in [2.45, 2.75) is 6.18 Å². The Morgan fingerprint density at radius 3 is 2.43 bits per heavy atom. The second-order valence-electron chi connectivity index (χ2n) is 4.78. The Morgan fingerprint density at radius 2 is 1.74 bits per heavy atom. The number of benzene rings is 2. The molecule has 3 rings (SSSR count). The summed E-state index contributed by atoms with van der Waals surface area (Å²) >= 11 is 5.55. The van der Waals surface area contributed by atoms with E-state index in [4.69, 9.17) is 11.6 Å². The lowest BCUT2D eigenvalue weighted by atomic mass is 10.2. The van der Waals surface area contributed by atoms with Crippen LogP contribution >= 0.6 is 11.6 Å². The van der Waals surface area contributed by atoms with Gasteiger partial charge in [0.25, 0.3) is 5.56 Å². The van der Waals surface area contributed by atoms with Gasteiger partial charge in [0.2, 0.25) is 0 Å². The number of hydrogen-bond acceptors (Lipinski definition) is 2. The SMILES string of the molecule is O=c1[nH]c2ccccc2c(=O)n1-c1ccc(Cl)c(C(F)(F)F)c1. The van der Waals surface area contributed by atoms with Gasteiger partial charge in [0, 0.05) is 0 Å². The summed E-state index contributed by atoms with van der Waals surface area (Å²) in [5.41, 5.74) is -2.55. The van der Waals surface area contributed by atoms with Crippen molar-refractivity contribution in [3.05, 3.63) is 73.9 Å². The van der Waals surface area contributed by atoms with Crippen molar-refractivity contribution in [3.8, 4) is 5.69 Å². The topological polar surface area (TPSA) is 54.9 Å². The molecule has 4 nitrogen and oxygen atoms in total. The van der Waals surface area contributed by atoms with E-state index in [0.717, 1.165) is 6.07 Å². The van der Waals surface area contributed by atoms with Gasteiger partial charge in [-0.15, -0.1) is 0 Å². The van der Waals surface area contributed by atoms with Crippen molar-refractivity contribution >= 4 is 22.5 Å². The molecule has 0 spiro atoms. The van der Waals surface area contributed by atoms with E-state index in [1.807, 2.05) is 0 Å². The Kier molecular flexibility index (Phi) is 3.52. The summed E-state index contributed by atoms with van der Waals surface area (Å²) < 4.78 is 39.5. The van der Waals surface area contributed by atoms with E-state index < -0.39 is 28.0 Å². The largest absolute Gasteiger partial charge is 0.417 e. The highest BCUT2D eigenvalue weighted by Crippen LogP contribution is 2.35. The molecular weight excluding hydrogens is 333 g/mol. The van der Waals surface area contributed by atoms with Gasteiger partial charge in [0.1, 0.15) is 0 Å². The number of rotatable bonds is 1. The van der Waals surface area contributed by atoms with Crippen LogP contribution in [0.5, 0.6) is 0 Å². The number of halogens is 4. The van der Waals surface area contributed by atoms with Gasteiger partial charge in [-0.25, -0.2) is 9.36 Å². The van der Waals surface area contributed by atoms with Crippen LogP contribution in [0.25, 0.3) is 16.6 Å². The Balaban J connectivity index is 2.34. The van der Waals surface area contributed by atoms with Crippen molar-refractivity contribution in [2.24, 2.45) is 0 Å². The minimum Gasteiger partial charge on any atom is -0.306 e. The molecule has 0 aliphatic heterocycles. The molecule has 0 aliphatic carbocycles. The van der Waals surface area contributed by atoms with Crippen LogP contribution in [0.2, 0.25) is 5.02 Å². The van der Waals surface area contributed by atoms with E-state index in [1.165, 1.54) is 18.2 Å². The molecule has 23 heavy (non-hydrogen) atoms. The maximum absolute atomic E-state index is 12.9. The van der Waals surface area contributed by atoms with Crippen LogP contribution in [0.4, 0.5) is 13.2 Å². The first-order valence-corrected chi connectivity index (χ1v) is 6.78. The number of fused-ring (bicyclic) bond motifs is 1. The van der Waals surface area contributed by atoms with Gasteiger partial charge in [-0.2, -0.15) is 13.2 Å². The predicted molar refractivity (Wildman–Crippen MR) is 80.2 cm³/mol. The average Bonchev–Trinajstić information content (AvgIpc) is 2.47. The number of para-hydroxylation sites is 1. The molecule has 1 heterocycles. The maximum atomic E-state index is 12.9. The molecule has 0 unspecified atom stereocenters. The summed E-state index contributed by atoms with van der Waals surface area (Å²) in [5, 5.41) is -0.317. The summed E-state index contributed by atoms with van der Waals surface area (Å²) in [6.45, 7) is 0. The van der Waals surface area contributed by atoms with Crippen molar-refractivity contribution < 1.29 is 13.2 Å². The van der Waals surface area contributed by atoms with Gasteiger partial charge < -0.3 is 4.98 Å². The zero-order valence-electron chi connectivity index (χ0n) is 11.3. The molecule has 0 atom stereocenters. The second-order valence-corrected chi connectivity index (χ2v) is 5.19. The maximum Gasteiger partial charge on any atom is 0.417 e. The van der Waals surface area contributed by atoms with Crippen LogP contribution < -0.4 is 11.2 Å². The lowest BCUT2D eigenvalue weighted by Crippen LogP contribution is -2.33. The molecule has 0 aliphatic rings. The number of aromatic amines is 1. The summed E-state index contributed by atoms with van der Waals surface area (Å²) in [7, 11) is 0. The van der Waals surface area contributed by atoms with Crippen LogP contribution in [0.3, 0.4) is 0 Å². The first-order valence-electron chi connectivity index (χ1n) is 6.40. The molecule has 1 N–H and O–H groups in total. The fourth-order valence-corrected chi connectivity index (χ4v) is 2.49. The second kappa shape index (κ2) is 5.27. The Bertz CT molecular complexity index is 1020. The number of nitrogens with one attached hydrogen (secondary N) is 1. The third kappa shape index (κ3) is 2.63. The monoisotopic (exact) mass is 340 g/mol. The quantitative estimate of drug-likeness (QED) is 0.738. The minimum absolute atomic E-state index is 0.190. The number of H-pyrrole nitrogens is 1. The molecule has 0 amide bonds. The summed E-state index contributed by atoms with van der Waals surface area (Å²) in [6, 6.07) is 9.09. The van der Waals surface area contributed by atoms with Crippen LogP contribution in [0.1, 0.15) is 5.56 Å². The normalized spacial score (nSPS) is 11.8. The molecule has 1 aromatic heterocycles. The van der Waals surface area contributed by atoms with Gasteiger partial charge in [-0.3, -0.25) is 4.79 Å². The van der Waals surface area contributed by atoms with Gasteiger partial charge in [0.15, 0.2) is 0 Å². The molecule has 118 valence electrons. The summed E-state index contributed by atoms with van der Waals surface area (Å²) in [6.07, 6.45) is -4.69. The van der Waals surface area contributed by atoms with E-state index >= 15 is 0 Å². The molecular formula is C15H8ClF3N2O2. The summed E-state index contributed by atoms with van der Waals surface area (Å²) in [4.78, 5) is 27.0. The molecule has 0 radical (unpaired) electrons. The van der Waals surface area contributed by atoms with Crippen molar-refractivity contribution in [2.75, 3.05) is 0 Å². The van der Waals surface area contributed by atoms with E-state index in [2.05, 4.69) is 4.98 Å². The molecule has 3 aromatic rings. The zero-order valence-corrected chi connectivity index (χ0v) is 12.1. The van der Waals surface area contributed by atoms with Gasteiger partial charge in [-0.1, -0.05) is 23.7 Å². The third-order valence-corrected chi connectivity index (χ3v) is 3.65. The first-order chi connectivity index (χ1) is 10.8. The predicted octanol–water partition coefficient (Wildman–Crippen LogP) is 3.35. The van der Waals surface area contributed by atoms with Crippen LogP contribution in [-0.2, 0) is 6.18 Å². The zero-order chi connectivity index (χ0) is 16.8. The number of alkyl halides is 3. The van der Waals surface area contributed by atoms with E-state index in [1.54, 1.807) is 12.1 Å². The highest BCUT2D eigenvalue weighted by molar-refractivity contribution is 6.31. The van der Waals surface area contributed by atoms with Crippen molar-refractivity contribution in [1.82, 2.24) is 9.55 Å². The van der Waals surface area contributed by atoms with E-state index in [0.29, 0.717) is 16.2 Å². The minimum atomic E-state index is -4.69. The Labute approximate surface area is 131 Å². The standard InChI is InChI=1S/C15H8ClF3N2O2/c16-11-6-5-8(7-10(11)15(17,18)19)21-13(22)9-3-1-2-4-12(9)20-14(21)23/h1-7H,(H,20,23). The lowest BCUT2D eigenvalue weighted by Gasteiger charge is -2.12. The van der Waals surface area contributed by atoms with E-state index in [9.17, 15) is 22.8 Å². The molecule has 2 aromatic carbocycles. The molecule has 0 bridgehead atoms. The van der Waals surface area contributed by atoms with Crippen LogP contribution in [0.15, 0.2) is 52.1 Å². The number of nitrogens with zero attached hydrogens (tertiary/aromatic N) is 1. The van der Waals surface area contributed by atoms with Gasteiger partial charge >= 0.3 is 11.9 Å². The van der Waals surface area contributed by atoms with Gasteiger partial charge in [-0.05, 0) is 30.3 Å². The molecule has 0 saturated carbocycles. The van der Waals surface area contributed by atoms with Crippen LogP contribution in [0, 0.1) is 0 Å². The Morgan fingerprint density at radius 1 is 1.04 bits per heavy atom. The molecule has 0 saturated heterocycles. The molecule has 8 heteroatoms. The summed E-state index contributed by atoms with van der Waals surface area (Å²) in [5.74, 6) is 0. The molecule has 0 fully saturated rings. The number of aromatic nitrogens is 2. The van der Waals surface area contributed by atoms with Crippen molar-refractivity contribution in [3.63, 3.8) is 0 Å². The van der Waals surface area contributed by atoms with E-state index in [-0.39, 0.29) is 11.1 Å². The fourth-order valence-electron chi connectivity index (χ4n) is 2.27. The first kappa shape index (κ1) is 15.4. The smallest absolute Gasteiger partial charge is 0.306 e. The average molecular weight is 341 g/mol. The number of hydrogen-bond donors (Lipinski definition) is 1. The fraction of sp³-hybridized carbons (Fsp3) is 0.0667. The highest BCUT2D eigenvalue weighted by atomic mass is 35.5. The third-order valence-electron chi connectivity index (χ3n) is 3.32. The van der Waals surface area contributed by atoms with Crippen molar-refractivity contribution in [1.29, 1.82) is 0 Å². The van der Waals surface area contributed by atoms with Crippen LogP contribution in [-0.4, -0.2) is 9.55 Å². The Hall–Kier alpha value is -2.54. The lowest BCUT2D eigenvalue weighted by molar-refractivity contribution is -0.137. The van der Waals surface area contributed by atoms with Gasteiger partial charge in [0.05, 0.1) is 27.2 Å². The highest BCUT2D eigenvalue weighted by Gasteiger charge is 2.33.